The van der Waals surface area contributed by atoms with E-state index in [9.17, 15) is 26.8 Å². The van der Waals surface area contributed by atoms with E-state index in [2.05, 4.69) is 9.72 Å². The van der Waals surface area contributed by atoms with Gasteiger partial charge in [-0.05, 0) is 12.8 Å². The second kappa shape index (κ2) is 7.59. The molecule has 0 aliphatic heterocycles. The van der Waals surface area contributed by atoms with E-state index < -0.39 is 45.1 Å². The van der Waals surface area contributed by atoms with Crippen molar-refractivity contribution in [1.82, 2.24) is 9.55 Å². The smallest absolute Gasteiger partial charge is 0.459 e. The summed E-state index contributed by atoms with van der Waals surface area (Å²) >= 11 is 0. The molecule has 28 heavy (non-hydrogen) atoms. The van der Waals surface area contributed by atoms with Crippen molar-refractivity contribution in [3.05, 3.63) is 30.9 Å². The third kappa shape index (κ3) is 4.55. The third-order valence-electron chi connectivity index (χ3n) is 4.49. The molecule has 156 valence electrons. The lowest BCUT2D eigenvalue weighted by molar-refractivity contribution is -0.165. The molecule has 2 rings (SSSR count). The summed E-state index contributed by atoms with van der Waals surface area (Å²) in [6.45, 7) is 2.76. The summed E-state index contributed by atoms with van der Waals surface area (Å²) in [5, 5.41) is -5.07. The highest BCUT2D eigenvalue weighted by Gasteiger charge is 2.55. The number of hydrogen-bond donors (Lipinski definition) is 1. The first-order valence-electron chi connectivity index (χ1n) is 8.25. The van der Waals surface area contributed by atoms with Crippen LogP contribution in [0.25, 0.3) is 0 Å². The molecule has 0 saturated heterocycles. The van der Waals surface area contributed by atoms with Crippen LogP contribution in [0, 0.1) is 5.41 Å². The highest BCUT2D eigenvalue weighted by molar-refractivity contribution is 7.87. The van der Waals surface area contributed by atoms with Gasteiger partial charge >= 0.3 is 27.4 Å². The molecule has 1 aromatic rings. The lowest BCUT2D eigenvalue weighted by Gasteiger charge is -2.41. The summed E-state index contributed by atoms with van der Waals surface area (Å²) in [4.78, 5) is 27.4. The third-order valence-corrected chi connectivity index (χ3v) is 5.31. The predicted octanol–water partition coefficient (Wildman–Crippen LogP) is 2.40. The van der Waals surface area contributed by atoms with Crippen molar-refractivity contribution >= 4 is 22.2 Å². The molecule has 0 bridgehead atoms. The maximum absolute atomic E-state index is 13.3. The minimum absolute atomic E-state index is 0.137. The summed E-state index contributed by atoms with van der Waals surface area (Å²) in [6.07, 6.45) is 7.57. The number of aromatic nitrogens is 2. The molecule has 1 heterocycles. The lowest BCUT2D eigenvalue weighted by atomic mass is 9.72. The van der Waals surface area contributed by atoms with Crippen LogP contribution < -0.4 is 0 Å². The average molecular weight is 422 g/mol. The number of rotatable bonds is 6. The molecule has 12 heteroatoms. The van der Waals surface area contributed by atoms with Crippen molar-refractivity contribution < 1.29 is 40.8 Å². The SMILES string of the molecule is CCC1(OC(=O)n2ccnc2)CC=CC(C)(COC(=O)C(F)(F)S(=O)(=O)O)C1. The number of esters is 1. The molecule has 0 spiro atoms. The second-order valence-electron chi connectivity index (χ2n) is 6.88. The Bertz CT molecular complexity index is 870. The molecule has 9 nitrogen and oxygen atoms in total. The Morgan fingerprint density at radius 3 is 2.61 bits per heavy atom. The fraction of sp³-hybridized carbons (Fsp3) is 0.562. The number of alkyl halides is 2. The van der Waals surface area contributed by atoms with Gasteiger partial charge in [0.2, 0.25) is 0 Å². The first-order chi connectivity index (χ1) is 12.8. The average Bonchev–Trinajstić information content (AvgIpc) is 3.13. The molecule has 1 N–H and O–H groups in total. The van der Waals surface area contributed by atoms with Crippen molar-refractivity contribution in [1.29, 1.82) is 0 Å². The van der Waals surface area contributed by atoms with Gasteiger partial charge in [0.25, 0.3) is 0 Å². The minimum Gasteiger partial charge on any atom is -0.459 e. The summed E-state index contributed by atoms with van der Waals surface area (Å²) in [6, 6.07) is 0. The Morgan fingerprint density at radius 1 is 1.39 bits per heavy atom. The first-order valence-corrected chi connectivity index (χ1v) is 9.69. The first kappa shape index (κ1) is 22.0. The van der Waals surface area contributed by atoms with Crippen LogP contribution in [0.3, 0.4) is 0 Å². The molecule has 1 aliphatic rings. The van der Waals surface area contributed by atoms with Gasteiger partial charge in [-0.2, -0.15) is 17.2 Å². The van der Waals surface area contributed by atoms with Gasteiger partial charge < -0.3 is 9.47 Å². The van der Waals surface area contributed by atoms with Crippen LogP contribution >= 0.6 is 0 Å². The number of halogens is 2. The quantitative estimate of drug-likeness (QED) is 0.421. The van der Waals surface area contributed by atoms with E-state index in [1.165, 1.54) is 18.7 Å². The number of imidazole rings is 1. The zero-order valence-electron chi connectivity index (χ0n) is 15.2. The molecule has 0 amide bonds. The highest BCUT2D eigenvalue weighted by atomic mass is 32.2. The topological polar surface area (TPSA) is 125 Å². The fourth-order valence-electron chi connectivity index (χ4n) is 2.97. The molecule has 0 fully saturated rings. The predicted molar refractivity (Wildman–Crippen MR) is 91.1 cm³/mol. The minimum atomic E-state index is -5.95. The van der Waals surface area contributed by atoms with E-state index in [0.717, 1.165) is 4.57 Å². The molecular weight excluding hydrogens is 402 g/mol. The molecule has 0 radical (unpaired) electrons. The summed E-state index contributed by atoms with van der Waals surface area (Å²) < 4.78 is 67.6. The lowest BCUT2D eigenvalue weighted by Crippen LogP contribution is -2.45. The Kier molecular flexibility index (Phi) is 5.95. The zero-order chi connectivity index (χ0) is 21.2. The van der Waals surface area contributed by atoms with Crippen molar-refractivity contribution in [3.63, 3.8) is 0 Å². The highest BCUT2D eigenvalue weighted by Crippen LogP contribution is 2.42. The summed E-state index contributed by atoms with van der Waals surface area (Å²) in [5.74, 6) is -2.38. The van der Waals surface area contributed by atoms with Gasteiger partial charge in [0, 0.05) is 24.2 Å². The molecule has 0 aromatic carbocycles. The number of ether oxygens (including phenoxy) is 2. The van der Waals surface area contributed by atoms with Gasteiger partial charge in [-0.25, -0.2) is 19.1 Å². The van der Waals surface area contributed by atoms with Crippen LogP contribution in [0.4, 0.5) is 13.6 Å². The standard InChI is InChI=1S/C16H20F2N2O7S/c1-3-15(27-13(22)20-8-7-19-11-20)6-4-5-14(2,9-15)10-26-12(21)16(17,18)28(23,24)25/h4-5,7-8,11H,3,6,9-10H2,1-2H3,(H,23,24,25). The van der Waals surface area contributed by atoms with Crippen LogP contribution in [-0.4, -0.2) is 52.0 Å². The van der Waals surface area contributed by atoms with Crippen LogP contribution in [-0.2, 0) is 24.4 Å². The van der Waals surface area contributed by atoms with E-state index in [-0.39, 0.29) is 6.42 Å². The van der Waals surface area contributed by atoms with Crippen LogP contribution in [0.5, 0.6) is 0 Å². The van der Waals surface area contributed by atoms with Gasteiger partial charge in [0.15, 0.2) is 0 Å². The zero-order valence-corrected chi connectivity index (χ0v) is 16.0. The number of carbonyl (C=O) groups excluding carboxylic acids is 2. The summed E-state index contributed by atoms with van der Waals surface area (Å²) in [7, 11) is -5.95. The van der Waals surface area contributed by atoms with Crippen molar-refractivity contribution in [2.24, 2.45) is 5.41 Å². The normalized spacial score (nSPS) is 25.3. The van der Waals surface area contributed by atoms with E-state index >= 15 is 0 Å². The molecule has 1 aliphatic carbocycles. The van der Waals surface area contributed by atoms with E-state index in [0.29, 0.717) is 12.8 Å². The number of hydrogen-bond acceptors (Lipinski definition) is 7. The second-order valence-corrected chi connectivity index (χ2v) is 8.34. The van der Waals surface area contributed by atoms with E-state index in [1.54, 1.807) is 26.0 Å². The molecule has 2 unspecified atom stereocenters. The molecular formula is C16H20F2N2O7S. The van der Waals surface area contributed by atoms with Crippen LogP contribution in [0.2, 0.25) is 0 Å². The Balaban J connectivity index is 2.11. The molecule has 0 saturated carbocycles. The van der Waals surface area contributed by atoms with Gasteiger partial charge in [-0.15, -0.1) is 0 Å². The monoisotopic (exact) mass is 422 g/mol. The number of carbonyl (C=O) groups is 2. The Morgan fingerprint density at radius 2 is 2.07 bits per heavy atom. The van der Waals surface area contributed by atoms with E-state index in [1.807, 2.05) is 0 Å². The largest absolute Gasteiger partial charge is 0.465 e. The van der Waals surface area contributed by atoms with E-state index in [4.69, 9.17) is 9.29 Å². The van der Waals surface area contributed by atoms with Crippen molar-refractivity contribution in [2.45, 2.75) is 44.0 Å². The fourth-order valence-corrected chi connectivity index (χ4v) is 3.24. The van der Waals surface area contributed by atoms with Crippen LogP contribution in [0.15, 0.2) is 30.9 Å². The van der Waals surface area contributed by atoms with Crippen molar-refractivity contribution in [3.8, 4) is 0 Å². The van der Waals surface area contributed by atoms with Gasteiger partial charge in [-0.1, -0.05) is 26.0 Å². The molecule has 2 atom stereocenters. The Labute approximate surface area is 160 Å². The van der Waals surface area contributed by atoms with Gasteiger partial charge in [-0.3, -0.25) is 4.55 Å². The maximum Gasteiger partial charge on any atom is 0.465 e. The number of nitrogens with zero attached hydrogens (tertiary/aromatic N) is 2. The van der Waals surface area contributed by atoms with Crippen molar-refractivity contribution in [2.75, 3.05) is 6.61 Å². The van der Waals surface area contributed by atoms with Crippen LogP contribution in [0.1, 0.15) is 33.1 Å². The molecule has 1 aromatic heterocycles. The van der Waals surface area contributed by atoms with Gasteiger partial charge in [0.05, 0.1) is 0 Å². The Hall–Kier alpha value is -2.34. The van der Waals surface area contributed by atoms with Gasteiger partial charge in [0.1, 0.15) is 18.5 Å². The summed E-state index contributed by atoms with van der Waals surface area (Å²) in [5.41, 5.74) is -1.99. The maximum atomic E-state index is 13.3.